The van der Waals surface area contributed by atoms with E-state index in [-0.39, 0.29) is 5.92 Å². The van der Waals surface area contributed by atoms with Crippen LogP contribution in [-0.2, 0) is 4.79 Å². The molecule has 1 fully saturated rings. The maximum absolute atomic E-state index is 12.8. The highest BCUT2D eigenvalue weighted by atomic mass is 16.1. The number of carbonyl (C=O) groups excluding carboxylic acids is 1. The van der Waals surface area contributed by atoms with E-state index in [1.165, 1.54) is 40.7 Å². The Morgan fingerprint density at radius 1 is 0.810 bits per heavy atom. The van der Waals surface area contributed by atoms with Crippen molar-refractivity contribution in [3.8, 4) is 11.1 Å². The molecule has 5 rings (SSSR count). The van der Waals surface area contributed by atoms with Crippen LogP contribution in [0.5, 0.6) is 0 Å². The molecule has 0 amide bonds. The Morgan fingerprint density at radius 2 is 1.57 bits per heavy atom. The molecule has 0 aromatic heterocycles. The number of fused-ring (bicyclic) bond motifs is 5. The summed E-state index contributed by atoms with van der Waals surface area (Å²) in [6, 6.07) is 15.4. The van der Waals surface area contributed by atoms with Gasteiger partial charge in [0, 0.05) is 18.3 Å². The molecular weight excluding hydrogens is 256 g/mol. The van der Waals surface area contributed by atoms with Crippen LogP contribution in [0.1, 0.15) is 54.2 Å². The Hall–Kier alpha value is -1.89. The van der Waals surface area contributed by atoms with Crippen LogP contribution in [0.15, 0.2) is 42.5 Å². The first-order valence-electron chi connectivity index (χ1n) is 8.09. The molecule has 0 radical (unpaired) electrons. The van der Waals surface area contributed by atoms with Crippen LogP contribution in [0, 0.1) is 5.92 Å². The SMILES string of the molecule is O=C1CC2c3ccccc3-c3cccc(c32)C2CCCC12. The van der Waals surface area contributed by atoms with Crippen molar-refractivity contribution >= 4 is 5.78 Å². The van der Waals surface area contributed by atoms with Gasteiger partial charge in [-0.1, -0.05) is 48.9 Å². The monoisotopic (exact) mass is 274 g/mol. The zero-order valence-electron chi connectivity index (χ0n) is 12.0. The number of carbonyl (C=O) groups is 1. The van der Waals surface area contributed by atoms with Crippen LogP contribution in [0.4, 0.5) is 0 Å². The average Bonchev–Trinajstić information content (AvgIpc) is 3.09. The lowest BCUT2D eigenvalue weighted by Crippen LogP contribution is -2.16. The molecular formula is C20H18O. The minimum atomic E-state index is 0.286. The standard InChI is InChI=1S/C20H18O/c21-19-11-18-13-6-2-1-5-12(13)16-9-4-10-17(20(16)18)14-7-3-8-15(14)19/h1-2,4-6,9-10,14-15,18H,3,7-8,11H2. The molecule has 3 unspecified atom stereocenters. The van der Waals surface area contributed by atoms with Gasteiger partial charge in [0.2, 0.25) is 0 Å². The van der Waals surface area contributed by atoms with Gasteiger partial charge in [-0.05, 0) is 46.6 Å². The van der Waals surface area contributed by atoms with Gasteiger partial charge < -0.3 is 0 Å². The molecule has 0 heterocycles. The van der Waals surface area contributed by atoms with Crippen molar-refractivity contribution in [1.82, 2.24) is 0 Å². The summed E-state index contributed by atoms with van der Waals surface area (Å²) in [4.78, 5) is 12.8. The van der Waals surface area contributed by atoms with Gasteiger partial charge in [0.1, 0.15) is 5.78 Å². The summed E-state index contributed by atoms with van der Waals surface area (Å²) in [6.07, 6.45) is 4.21. The van der Waals surface area contributed by atoms with Crippen molar-refractivity contribution in [3.05, 3.63) is 59.2 Å². The van der Waals surface area contributed by atoms with E-state index in [0.29, 0.717) is 24.0 Å². The highest BCUT2D eigenvalue weighted by Gasteiger charge is 2.43. The van der Waals surface area contributed by atoms with Crippen molar-refractivity contribution in [2.45, 2.75) is 37.5 Å². The normalized spacial score (nSPS) is 28.8. The van der Waals surface area contributed by atoms with Crippen LogP contribution in [0.25, 0.3) is 11.1 Å². The smallest absolute Gasteiger partial charge is 0.137 e. The first kappa shape index (κ1) is 11.7. The third kappa shape index (κ3) is 1.44. The maximum atomic E-state index is 12.8. The Kier molecular flexibility index (Phi) is 2.27. The summed E-state index contributed by atoms with van der Waals surface area (Å²) in [5, 5.41) is 0. The van der Waals surface area contributed by atoms with Crippen LogP contribution in [0.3, 0.4) is 0 Å². The molecule has 104 valence electrons. The summed E-state index contributed by atoms with van der Waals surface area (Å²) in [6.45, 7) is 0. The van der Waals surface area contributed by atoms with Gasteiger partial charge in [-0.3, -0.25) is 4.79 Å². The van der Waals surface area contributed by atoms with Crippen molar-refractivity contribution < 1.29 is 4.79 Å². The second kappa shape index (κ2) is 4.07. The fraction of sp³-hybridized carbons (Fsp3) is 0.350. The molecule has 2 aromatic rings. The van der Waals surface area contributed by atoms with Gasteiger partial charge in [0.05, 0.1) is 0 Å². The Balaban J connectivity index is 1.82. The maximum Gasteiger partial charge on any atom is 0.137 e. The molecule has 1 saturated carbocycles. The predicted octanol–water partition coefficient (Wildman–Crippen LogP) is 4.66. The second-order valence-corrected chi connectivity index (χ2v) is 6.76. The van der Waals surface area contributed by atoms with E-state index < -0.39 is 0 Å². The number of ketones is 1. The van der Waals surface area contributed by atoms with E-state index >= 15 is 0 Å². The summed E-state index contributed by atoms with van der Waals surface area (Å²) in [7, 11) is 0. The fourth-order valence-electron chi connectivity index (χ4n) is 5.01. The molecule has 3 aliphatic carbocycles. The summed E-state index contributed by atoms with van der Waals surface area (Å²) in [5.74, 6) is 1.58. The average molecular weight is 274 g/mol. The summed E-state index contributed by atoms with van der Waals surface area (Å²) in [5.41, 5.74) is 7.05. The lowest BCUT2D eigenvalue weighted by Gasteiger charge is -2.18. The predicted molar refractivity (Wildman–Crippen MR) is 83.4 cm³/mol. The summed E-state index contributed by atoms with van der Waals surface area (Å²) >= 11 is 0. The second-order valence-electron chi connectivity index (χ2n) is 6.76. The van der Waals surface area contributed by atoms with Gasteiger partial charge in [-0.2, -0.15) is 0 Å². The van der Waals surface area contributed by atoms with Crippen LogP contribution in [0.2, 0.25) is 0 Å². The first-order chi connectivity index (χ1) is 10.3. The lowest BCUT2D eigenvalue weighted by molar-refractivity contribution is -0.123. The third-order valence-electron chi connectivity index (χ3n) is 5.85. The van der Waals surface area contributed by atoms with Gasteiger partial charge >= 0.3 is 0 Å². The summed E-state index contributed by atoms with van der Waals surface area (Å²) < 4.78 is 0. The van der Waals surface area contributed by atoms with Crippen molar-refractivity contribution in [3.63, 3.8) is 0 Å². The molecule has 2 aromatic carbocycles. The minimum absolute atomic E-state index is 0.286. The van der Waals surface area contributed by atoms with E-state index in [4.69, 9.17) is 0 Å². The molecule has 3 atom stereocenters. The van der Waals surface area contributed by atoms with Gasteiger partial charge in [-0.15, -0.1) is 0 Å². The zero-order valence-corrected chi connectivity index (χ0v) is 12.0. The van der Waals surface area contributed by atoms with Crippen LogP contribution >= 0.6 is 0 Å². The van der Waals surface area contributed by atoms with E-state index in [1.807, 2.05) is 0 Å². The Bertz CT molecular complexity index is 758. The van der Waals surface area contributed by atoms with Crippen LogP contribution in [-0.4, -0.2) is 5.78 Å². The van der Waals surface area contributed by atoms with E-state index in [2.05, 4.69) is 42.5 Å². The van der Waals surface area contributed by atoms with E-state index in [1.54, 1.807) is 0 Å². The minimum Gasteiger partial charge on any atom is -0.299 e. The highest BCUT2D eigenvalue weighted by molar-refractivity contribution is 5.89. The fourth-order valence-corrected chi connectivity index (χ4v) is 5.01. The molecule has 1 nitrogen and oxygen atoms in total. The molecule has 0 saturated heterocycles. The number of hydrogen-bond acceptors (Lipinski definition) is 1. The van der Waals surface area contributed by atoms with Gasteiger partial charge in [0.15, 0.2) is 0 Å². The topological polar surface area (TPSA) is 17.1 Å². The largest absolute Gasteiger partial charge is 0.299 e. The molecule has 3 aliphatic rings. The molecule has 0 bridgehead atoms. The molecule has 0 aliphatic heterocycles. The van der Waals surface area contributed by atoms with Gasteiger partial charge in [-0.25, -0.2) is 0 Å². The zero-order chi connectivity index (χ0) is 14.0. The van der Waals surface area contributed by atoms with Crippen molar-refractivity contribution in [2.24, 2.45) is 5.92 Å². The van der Waals surface area contributed by atoms with Crippen molar-refractivity contribution in [2.75, 3.05) is 0 Å². The first-order valence-corrected chi connectivity index (χ1v) is 8.09. The number of hydrogen-bond donors (Lipinski definition) is 0. The van der Waals surface area contributed by atoms with Crippen LogP contribution < -0.4 is 0 Å². The molecule has 0 spiro atoms. The lowest BCUT2D eigenvalue weighted by atomic mass is 9.85. The Morgan fingerprint density at radius 3 is 2.52 bits per heavy atom. The van der Waals surface area contributed by atoms with Gasteiger partial charge in [0.25, 0.3) is 0 Å². The van der Waals surface area contributed by atoms with E-state index in [0.717, 1.165) is 6.42 Å². The van der Waals surface area contributed by atoms with E-state index in [9.17, 15) is 4.79 Å². The number of Topliss-reactive ketones (excluding diaryl/α,β-unsaturated/α-hetero) is 1. The third-order valence-corrected chi connectivity index (χ3v) is 5.85. The Labute approximate surface area is 125 Å². The molecule has 21 heavy (non-hydrogen) atoms. The quantitative estimate of drug-likeness (QED) is 0.683. The number of rotatable bonds is 0. The van der Waals surface area contributed by atoms with Crippen molar-refractivity contribution in [1.29, 1.82) is 0 Å². The highest BCUT2D eigenvalue weighted by Crippen LogP contribution is 2.55. The number of benzene rings is 2. The molecule has 1 heteroatoms. The molecule has 0 N–H and O–H groups in total.